The topological polar surface area (TPSA) is 40.5 Å². The number of hydrogen-bond donors (Lipinski definition) is 2. The van der Waals surface area contributed by atoms with E-state index >= 15 is 0 Å². The molecule has 0 aromatic heterocycles. The van der Waals surface area contributed by atoms with Crippen molar-refractivity contribution in [2.75, 3.05) is 0 Å². The molecule has 4 unspecified atom stereocenters. The van der Waals surface area contributed by atoms with Gasteiger partial charge in [-0.1, -0.05) is 26.2 Å². The van der Waals surface area contributed by atoms with E-state index in [2.05, 4.69) is 6.92 Å². The van der Waals surface area contributed by atoms with Gasteiger partial charge in [-0.25, -0.2) is 0 Å². The highest BCUT2D eigenvalue weighted by Gasteiger charge is 2.34. The summed E-state index contributed by atoms with van der Waals surface area (Å²) in [6.07, 6.45) is 10.1. The molecule has 0 spiro atoms. The van der Waals surface area contributed by atoms with Gasteiger partial charge in [0.1, 0.15) is 0 Å². The molecule has 100 valence electrons. The molecule has 0 heterocycles. The Kier molecular flexibility index (Phi) is 4.87. The van der Waals surface area contributed by atoms with Gasteiger partial charge in [0.25, 0.3) is 0 Å². The first-order valence-electron chi connectivity index (χ1n) is 7.56. The van der Waals surface area contributed by atoms with Crippen molar-refractivity contribution in [1.82, 2.24) is 0 Å². The lowest BCUT2D eigenvalue weighted by Gasteiger charge is -2.39. The van der Waals surface area contributed by atoms with E-state index < -0.39 is 0 Å². The molecule has 2 aliphatic carbocycles. The Morgan fingerprint density at radius 3 is 1.71 bits per heavy atom. The molecule has 2 N–H and O–H groups in total. The van der Waals surface area contributed by atoms with Gasteiger partial charge in [-0.2, -0.15) is 0 Å². The first-order chi connectivity index (χ1) is 8.20. The van der Waals surface area contributed by atoms with Crippen LogP contribution in [0, 0.1) is 17.8 Å². The van der Waals surface area contributed by atoms with Gasteiger partial charge in [-0.15, -0.1) is 0 Å². The maximum absolute atomic E-state index is 9.82. The number of aliphatic hydroxyl groups is 2. The molecule has 0 bridgehead atoms. The molecular formula is C15H28O2. The van der Waals surface area contributed by atoms with Crippen molar-refractivity contribution in [2.45, 2.75) is 76.9 Å². The predicted octanol–water partition coefficient (Wildman–Crippen LogP) is 3.11. The van der Waals surface area contributed by atoms with Gasteiger partial charge in [-0.3, -0.25) is 0 Å². The van der Waals surface area contributed by atoms with Crippen LogP contribution in [0.3, 0.4) is 0 Å². The van der Waals surface area contributed by atoms with Crippen molar-refractivity contribution in [1.29, 1.82) is 0 Å². The first kappa shape index (κ1) is 13.4. The van der Waals surface area contributed by atoms with Crippen LogP contribution < -0.4 is 0 Å². The molecular weight excluding hydrogens is 212 g/mol. The summed E-state index contributed by atoms with van der Waals surface area (Å²) in [6, 6.07) is 0. The fourth-order valence-corrected chi connectivity index (χ4v) is 4.23. The standard InChI is InChI=1S/C15H28O2/c1-2-15(11-5-3-7-13(16)9-11)12-6-4-8-14(17)10-12/h11-17H,2-10H2,1H3. The second-order valence-corrected chi connectivity index (χ2v) is 6.23. The van der Waals surface area contributed by atoms with Gasteiger partial charge in [0, 0.05) is 0 Å². The van der Waals surface area contributed by atoms with E-state index in [-0.39, 0.29) is 12.2 Å². The summed E-state index contributed by atoms with van der Waals surface area (Å²) in [5, 5.41) is 19.6. The molecule has 0 aromatic rings. The highest BCUT2D eigenvalue weighted by atomic mass is 16.3. The Bertz CT molecular complexity index is 207. The summed E-state index contributed by atoms with van der Waals surface area (Å²) >= 11 is 0. The van der Waals surface area contributed by atoms with Crippen molar-refractivity contribution < 1.29 is 10.2 Å². The minimum Gasteiger partial charge on any atom is -0.393 e. The van der Waals surface area contributed by atoms with E-state index in [1.165, 1.54) is 32.1 Å². The summed E-state index contributed by atoms with van der Waals surface area (Å²) in [5.74, 6) is 2.15. The highest BCUT2D eigenvalue weighted by molar-refractivity contribution is 4.85. The van der Waals surface area contributed by atoms with Gasteiger partial charge in [-0.05, 0) is 56.3 Å². The minimum atomic E-state index is -0.0590. The molecule has 4 atom stereocenters. The van der Waals surface area contributed by atoms with E-state index in [0.29, 0.717) is 11.8 Å². The Morgan fingerprint density at radius 1 is 0.882 bits per heavy atom. The third kappa shape index (κ3) is 3.45. The van der Waals surface area contributed by atoms with Gasteiger partial charge in [0.05, 0.1) is 12.2 Å². The average Bonchev–Trinajstić information content (AvgIpc) is 2.30. The molecule has 2 heteroatoms. The number of rotatable bonds is 3. The van der Waals surface area contributed by atoms with Crippen LogP contribution in [0.1, 0.15) is 64.7 Å². The van der Waals surface area contributed by atoms with E-state index in [4.69, 9.17) is 0 Å². The van der Waals surface area contributed by atoms with Crippen LogP contribution in [-0.4, -0.2) is 22.4 Å². The van der Waals surface area contributed by atoms with Crippen LogP contribution in [0.5, 0.6) is 0 Å². The summed E-state index contributed by atoms with van der Waals surface area (Å²) in [7, 11) is 0. The fraction of sp³-hybridized carbons (Fsp3) is 1.00. The normalized spacial score (nSPS) is 41.1. The fourth-order valence-electron chi connectivity index (χ4n) is 4.23. The maximum atomic E-state index is 9.82. The molecule has 2 aliphatic rings. The van der Waals surface area contributed by atoms with Crippen LogP contribution in [0.25, 0.3) is 0 Å². The molecule has 2 rings (SSSR count). The minimum absolute atomic E-state index is 0.0590. The summed E-state index contributed by atoms with van der Waals surface area (Å²) in [6.45, 7) is 2.28. The van der Waals surface area contributed by atoms with E-state index in [1.54, 1.807) is 0 Å². The molecule has 17 heavy (non-hydrogen) atoms. The van der Waals surface area contributed by atoms with Crippen molar-refractivity contribution in [3.63, 3.8) is 0 Å². The summed E-state index contributed by atoms with van der Waals surface area (Å²) < 4.78 is 0. The average molecular weight is 240 g/mol. The zero-order valence-corrected chi connectivity index (χ0v) is 11.1. The molecule has 0 radical (unpaired) electrons. The molecule has 0 saturated heterocycles. The largest absolute Gasteiger partial charge is 0.393 e. The first-order valence-corrected chi connectivity index (χ1v) is 7.56. The SMILES string of the molecule is CCC(C1CCCC(O)C1)C1CCCC(O)C1. The number of hydrogen-bond acceptors (Lipinski definition) is 2. The van der Waals surface area contributed by atoms with Crippen LogP contribution in [0.15, 0.2) is 0 Å². The van der Waals surface area contributed by atoms with Gasteiger partial charge < -0.3 is 10.2 Å². The summed E-state index contributed by atoms with van der Waals surface area (Å²) in [5.41, 5.74) is 0. The molecule has 2 fully saturated rings. The van der Waals surface area contributed by atoms with Crippen LogP contribution in [-0.2, 0) is 0 Å². The number of aliphatic hydroxyl groups excluding tert-OH is 2. The monoisotopic (exact) mass is 240 g/mol. The zero-order valence-electron chi connectivity index (χ0n) is 11.1. The lowest BCUT2D eigenvalue weighted by atomic mass is 9.68. The lowest BCUT2D eigenvalue weighted by Crippen LogP contribution is -2.33. The maximum Gasteiger partial charge on any atom is 0.0543 e. The second kappa shape index (κ2) is 6.19. The highest BCUT2D eigenvalue weighted by Crippen LogP contribution is 2.41. The van der Waals surface area contributed by atoms with Crippen molar-refractivity contribution in [3.05, 3.63) is 0 Å². The van der Waals surface area contributed by atoms with Crippen LogP contribution in [0.4, 0.5) is 0 Å². The van der Waals surface area contributed by atoms with Crippen LogP contribution in [0.2, 0.25) is 0 Å². The van der Waals surface area contributed by atoms with Crippen molar-refractivity contribution in [2.24, 2.45) is 17.8 Å². The molecule has 2 nitrogen and oxygen atoms in total. The smallest absolute Gasteiger partial charge is 0.0543 e. The van der Waals surface area contributed by atoms with Crippen molar-refractivity contribution >= 4 is 0 Å². The zero-order chi connectivity index (χ0) is 12.3. The molecule has 0 aromatic carbocycles. The second-order valence-electron chi connectivity index (χ2n) is 6.23. The molecule has 0 amide bonds. The Hall–Kier alpha value is -0.0800. The van der Waals surface area contributed by atoms with Gasteiger partial charge in [0.2, 0.25) is 0 Å². The Balaban J connectivity index is 1.94. The predicted molar refractivity (Wildman–Crippen MR) is 69.7 cm³/mol. The van der Waals surface area contributed by atoms with Gasteiger partial charge in [0.15, 0.2) is 0 Å². The molecule has 2 saturated carbocycles. The van der Waals surface area contributed by atoms with Crippen molar-refractivity contribution in [3.8, 4) is 0 Å². The third-order valence-electron chi connectivity index (χ3n) is 5.06. The van der Waals surface area contributed by atoms with E-state index in [0.717, 1.165) is 31.6 Å². The third-order valence-corrected chi connectivity index (χ3v) is 5.06. The molecule has 0 aliphatic heterocycles. The van der Waals surface area contributed by atoms with Gasteiger partial charge >= 0.3 is 0 Å². The van der Waals surface area contributed by atoms with Crippen LogP contribution >= 0.6 is 0 Å². The van der Waals surface area contributed by atoms with E-state index in [9.17, 15) is 10.2 Å². The van der Waals surface area contributed by atoms with E-state index in [1.807, 2.05) is 0 Å². The Morgan fingerprint density at radius 2 is 1.35 bits per heavy atom. The quantitative estimate of drug-likeness (QED) is 0.795. The lowest BCUT2D eigenvalue weighted by molar-refractivity contribution is 0.0280. The summed E-state index contributed by atoms with van der Waals surface area (Å²) in [4.78, 5) is 0. The Labute approximate surface area is 105 Å².